The molecule has 1 unspecified atom stereocenters. The number of hydrogen-bond donors (Lipinski definition) is 1. The molecule has 0 aromatic heterocycles. The number of benzene rings is 1. The minimum atomic E-state index is 0.591. The van der Waals surface area contributed by atoms with Crippen LogP contribution in [0.4, 0.5) is 5.69 Å². The van der Waals surface area contributed by atoms with E-state index in [-0.39, 0.29) is 0 Å². The highest BCUT2D eigenvalue weighted by atomic mass is 15.2. The topological polar surface area (TPSA) is 42.3 Å². The van der Waals surface area contributed by atoms with Gasteiger partial charge in [-0.1, -0.05) is 6.07 Å². The largest absolute Gasteiger partial charge is 0.369 e. The smallest absolute Gasteiger partial charge is 0.101 e. The van der Waals surface area contributed by atoms with Crippen LogP contribution in [0.3, 0.4) is 0 Å². The minimum Gasteiger partial charge on any atom is -0.369 e. The standard InChI is InChI=1S/C17H24N4/c1-20(2)16-7-8-21(12-16)17-6-3-13(9-14(17)10-18)11-19-15-4-5-15/h3,6,9,15-16,19H,4-5,7-8,11-12H2,1-2H3. The molecule has 1 N–H and O–H groups in total. The highest BCUT2D eigenvalue weighted by Gasteiger charge is 2.26. The summed E-state index contributed by atoms with van der Waals surface area (Å²) < 4.78 is 0. The summed E-state index contributed by atoms with van der Waals surface area (Å²) in [7, 11) is 4.26. The average Bonchev–Trinajstić information content (AvgIpc) is 3.19. The van der Waals surface area contributed by atoms with Crippen LogP contribution in [-0.4, -0.2) is 44.2 Å². The third kappa shape index (κ3) is 3.37. The summed E-state index contributed by atoms with van der Waals surface area (Å²) in [5, 5.41) is 13.0. The van der Waals surface area contributed by atoms with Gasteiger partial charge in [0.2, 0.25) is 0 Å². The Kier molecular flexibility index (Phi) is 4.14. The van der Waals surface area contributed by atoms with Crippen LogP contribution in [0.5, 0.6) is 0 Å². The summed E-state index contributed by atoms with van der Waals surface area (Å²) in [4.78, 5) is 4.63. The van der Waals surface area contributed by atoms with E-state index >= 15 is 0 Å². The summed E-state index contributed by atoms with van der Waals surface area (Å²) in [6.07, 6.45) is 3.76. The Labute approximate surface area is 127 Å². The third-order valence-electron chi connectivity index (χ3n) is 4.59. The second-order valence-corrected chi connectivity index (χ2v) is 6.47. The van der Waals surface area contributed by atoms with Gasteiger partial charge in [-0.15, -0.1) is 0 Å². The fourth-order valence-corrected chi connectivity index (χ4v) is 2.99. The maximum atomic E-state index is 9.46. The molecule has 1 aromatic carbocycles. The molecule has 1 heterocycles. The van der Waals surface area contributed by atoms with Crippen LogP contribution in [0.2, 0.25) is 0 Å². The molecule has 0 spiro atoms. The van der Waals surface area contributed by atoms with E-state index in [2.05, 4.69) is 47.4 Å². The zero-order valence-electron chi connectivity index (χ0n) is 13.0. The van der Waals surface area contributed by atoms with Crippen molar-refractivity contribution < 1.29 is 0 Å². The van der Waals surface area contributed by atoms with Gasteiger partial charge < -0.3 is 15.1 Å². The number of nitrogens with zero attached hydrogens (tertiary/aromatic N) is 3. The number of likely N-dealkylation sites (N-methyl/N-ethyl adjacent to an activating group) is 1. The predicted molar refractivity (Wildman–Crippen MR) is 85.3 cm³/mol. The van der Waals surface area contributed by atoms with Crippen molar-refractivity contribution in [3.8, 4) is 6.07 Å². The van der Waals surface area contributed by atoms with Crippen molar-refractivity contribution in [1.29, 1.82) is 5.26 Å². The number of nitrogens with one attached hydrogen (secondary N) is 1. The van der Waals surface area contributed by atoms with Gasteiger partial charge in [-0.2, -0.15) is 5.26 Å². The molecule has 0 radical (unpaired) electrons. The Morgan fingerprint density at radius 1 is 1.33 bits per heavy atom. The quantitative estimate of drug-likeness (QED) is 0.897. The lowest BCUT2D eigenvalue weighted by atomic mass is 10.1. The summed E-state index contributed by atoms with van der Waals surface area (Å²) >= 11 is 0. The summed E-state index contributed by atoms with van der Waals surface area (Å²) in [6, 6.07) is 10.0. The van der Waals surface area contributed by atoms with Gasteiger partial charge in [-0.05, 0) is 51.1 Å². The first-order valence-electron chi connectivity index (χ1n) is 7.85. The Morgan fingerprint density at radius 2 is 2.14 bits per heavy atom. The molecule has 1 atom stereocenters. The van der Waals surface area contributed by atoms with Gasteiger partial charge in [-0.25, -0.2) is 0 Å². The first kappa shape index (κ1) is 14.4. The molecular formula is C17H24N4. The van der Waals surface area contributed by atoms with E-state index < -0.39 is 0 Å². The molecule has 4 nitrogen and oxygen atoms in total. The lowest BCUT2D eigenvalue weighted by molar-refractivity contribution is 0.315. The Morgan fingerprint density at radius 3 is 2.76 bits per heavy atom. The number of hydrogen-bond acceptors (Lipinski definition) is 4. The maximum absolute atomic E-state index is 9.46. The van der Waals surface area contributed by atoms with E-state index in [1.54, 1.807) is 0 Å². The zero-order valence-corrected chi connectivity index (χ0v) is 13.0. The molecule has 0 bridgehead atoms. The molecule has 3 rings (SSSR count). The van der Waals surface area contributed by atoms with Crippen LogP contribution in [0.25, 0.3) is 0 Å². The van der Waals surface area contributed by atoms with Crippen molar-refractivity contribution in [1.82, 2.24) is 10.2 Å². The van der Waals surface area contributed by atoms with Crippen molar-refractivity contribution in [3.05, 3.63) is 29.3 Å². The molecule has 2 aliphatic rings. The van der Waals surface area contributed by atoms with Crippen LogP contribution in [0.1, 0.15) is 30.4 Å². The second kappa shape index (κ2) is 6.05. The summed E-state index contributed by atoms with van der Waals surface area (Å²) in [6.45, 7) is 2.93. The van der Waals surface area contributed by atoms with Gasteiger partial charge in [-0.3, -0.25) is 0 Å². The van der Waals surface area contributed by atoms with Gasteiger partial charge >= 0.3 is 0 Å². The maximum Gasteiger partial charge on any atom is 0.101 e. The molecule has 1 aliphatic heterocycles. The van der Waals surface area contributed by atoms with Crippen molar-refractivity contribution in [2.24, 2.45) is 0 Å². The highest BCUT2D eigenvalue weighted by Crippen LogP contribution is 2.27. The summed E-state index contributed by atoms with van der Waals surface area (Å²) in [5.74, 6) is 0. The molecule has 112 valence electrons. The molecule has 1 aromatic rings. The van der Waals surface area contributed by atoms with E-state index in [0.717, 1.165) is 30.9 Å². The van der Waals surface area contributed by atoms with Crippen molar-refractivity contribution in [2.45, 2.75) is 37.9 Å². The average molecular weight is 284 g/mol. The SMILES string of the molecule is CN(C)C1CCN(c2ccc(CNC3CC3)cc2C#N)C1. The van der Waals surface area contributed by atoms with Crippen molar-refractivity contribution in [2.75, 3.05) is 32.1 Å². The minimum absolute atomic E-state index is 0.591. The molecular weight excluding hydrogens is 260 g/mol. The lowest BCUT2D eigenvalue weighted by Crippen LogP contribution is -2.31. The van der Waals surface area contributed by atoms with Crippen LogP contribution in [-0.2, 0) is 6.54 Å². The summed E-state index contributed by atoms with van der Waals surface area (Å²) in [5.41, 5.74) is 3.12. The first-order chi connectivity index (χ1) is 10.2. The first-order valence-corrected chi connectivity index (χ1v) is 7.85. The van der Waals surface area contributed by atoms with E-state index in [1.165, 1.54) is 24.8 Å². The van der Waals surface area contributed by atoms with Crippen LogP contribution in [0.15, 0.2) is 18.2 Å². The van der Waals surface area contributed by atoms with Crippen LogP contribution in [0, 0.1) is 11.3 Å². The highest BCUT2D eigenvalue weighted by molar-refractivity contribution is 5.61. The van der Waals surface area contributed by atoms with E-state index in [9.17, 15) is 5.26 Å². The third-order valence-corrected chi connectivity index (χ3v) is 4.59. The van der Waals surface area contributed by atoms with Gasteiger partial charge in [0.25, 0.3) is 0 Å². The van der Waals surface area contributed by atoms with Crippen LogP contribution < -0.4 is 10.2 Å². The van der Waals surface area contributed by atoms with Gasteiger partial charge in [0.15, 0.2) is 0 Å². The molecule has 1 aliphatic carbocycles. The number of rotatable bonds is 5. The normalized spacial score (nSPS) is 21.8. The number of anilines is 1. The van der Waals surface area contributed by atoms with E-state index in [1.807, 2.05) is 6.07 Å². The Bertz CT molecular complexity index is 542. The Hall–Kier alpha value is -1.57. The monoisotopic (exact) mass is 284 g/mol. The fourth-order valence-electron chi connectivity index (χ4n) is 2.99. The second-order valence-electron chi connectivity index (χ2n) is 6.47. The molecule has 2 fully saturated rings. The lowest BCUT2D eigenvalue weighted by Gasteiger charge is -2.23. The van der Waals surface area contributed by atoms with Crippen LogP contribution >= 0.6 is 0 Å². The number of nitriles is 1. The van der Waals surface area contributed by atoms with E-state index in [4.69, 9.17) is 0 Å². The molecule has 0 amide bonds. The fraction of sp³-hybridized carbons (Fsp3) is 0.588. The Balaban J connectivity index is 1.71. The van der Waals surface area contributed by atoms with Crippen molar-refractivity contribution in [3.63, 3.8) is 0 Å². The molecule has 1 saturated heterocycles. The van der Waals surface area contributed by atoms with Gasteiger partial charge in [0, 0.05) is 31.7 Å². The van der Waals surface area contributed by atoms with Gasteiger partial charge in [0.05, 0.1) is 11.3 Å². The van der Waals surface area contributed by atoms with Gasteiger partial charge in [0.1, 0.15) is 6.07 Å². The molecule has 21 heavy (non-hydrogen) atoms. The van der Waals surface area contributed by atoms with E-state index in [0.29, 0.717) is 12.1 Å². The zero-order chi connectivity index (χ0) is 14.8. The predicted octanol–water partition coefficient (Wildman–Crippen LogP) is 1.95. The molecule has 4 heteroatoms. The van der Waals surface area contributed by atoms with Crippen molar-refractivity contribution >= 4 is 5.69 Å². The molecule has 1 saturated carbocycles.